The van der Waals surface area contributed by atoms with Crippen molar-refractivity contribution in [2.24, 2.45) is 5.92 Å². The number of unbranched alkanes of at least 4 members (excludes halogenated alkanes) is 36. The zero-order chi connectivity index (χ0) is 44.5. The van der Waals surface area contributed by atoms with Gasteiger partial charge in [-0.3, -0.25) is 14.4 Å². The van der Waals surface area contributed by atoms with Gasteiger partial charge in [-0.2, -0.15) is 0 Å². The van der Waals surface area contributed by atoms with E-state index in [1.165, 1.54) is 205 Å². The Balaban J connectivity index is 4.27. The summed E-state index contributed by atoms with van der Waals surface area (Å²) in [6.07, 6.45) is 52.4. The molecule has 0 spiro atoms. The van der Waals surface area contributed by atoms with Gasteiger partial charge in [0.1, 0.15) is 13.2 Å². The number of esters is 3. The first-order valence-electron chi connectivity index (χ1n) is 27.4. The normalized spacial score (nSPS) is 12.4. The Kier molecular flexibility index (Phi) is 48.1. The maximum absolute atomic E-state index is 12.8. The number of hydrogen-bond acceptors (Lipinski definition) is 6. The highest BCUT2D eigenvalue weighted by molar-refractivity contribution is 5.71. The maximum atomic E-state index is 12.8. The van der Waals surface area contributed by atoms with Gasteiger partial charge in [-0.15, -0.1) is 0 Å². The average molecular weight is 863 g/mol. The van der Waals surface area contributed by atoms with E-state index in [1.807, 2.05) is 0 Å². The molecule has 0 N–H and O–H groups in total. The molecule has 6 heteroatoms. The fourth-order valence-electron chi connectivity index (χ4n) is 8.36. The predicted octanol–water partition coefficient (Wildman–Crippen LogP) is 17.8. The molecule has 2 atom stereocenters. The van der Waals surface area contributed by atoms with Crippen molar-refractivity contribution in [1.82, 2.24) is 0 Å². The number of rotatable bonds is 50. The van der Waals surface area contributed by atoms with Crippen LogP contribution >= 0.6 is 0 Å². The molecule has 0 aliphatic rings. The van der Waals surface area contributed by atoms with Gasteiger partial charge in [0.2, 0.25) is 0 Å². The Morgan fingerprint density at radius 2 is 0.574 bits per heavy atom. The van der Waals surface area contributed by atoms with Crippen LogP contribution in [0.5, 0.6) is 0 Å². The summed E-state index contributed by atoms with van der Waals surface area (Å²) in [4.78, 5) is 38.0. The van der Waals surface area contributed by atoms with Crippen LogP contribution in [0.1, 0.15) is 310 Å². The largest absolute Gasteiger partial charge is 0.462 e. The molecule has 362 valence electrons. The molecule has 0 amide bonds. The fourth-order valence-corrected chi connectivity index (χ4v) is 8.36. The van der Waals surface area contributed by atoms with Crippen LogP contribution in [0.15, 0.2) is 0 Å². The van der Waals surface area contributed by atoms with Crippen molar-refractivity contribution >= 4 is 17.9 Å². The number of ether oxygens (including phenoxy) is 3. The summed E-state index contributed by atoms with van der Waals surface area (Å²) >= 11 is 0. The maximum Gasteiger partial charge on any atom is 0.306 e. The molecular formula is C55H106O6. The first-order valence-corrected chi connectivity index (χ1v) is 27.4. The van der Waals surface area contributed by atoms with Crippen LogP contribution in [0.3, 0.4) is 0 Å². The minimum atomic E-state index is -0.762. The molecule has 0 heterocycles. The van der Waals surface area contributed by atoms with E-state index in [2.05, 4.69) is 27.7 Å². The predicted molar refractivity (Wildman–Crippen MR) is 261 cm³/mol. The van der Waals surface area contributed by atoms with Gasteiger partial charge >= 0.3 is 17.9 Å². The Hall–Kier alpha value is -1.59. The van der Waals surface area contributed by atoms with Gasteiger partial charge in [0, 0.05) is 19.3 Å². The van der Waals surface area contributed by atoms with Gasteiger partial charge < -0.3 is 14.2 Å². The Bertz CT molecular complexity index is 920. The smallest absolute Gasteiger partial charge is 0.306 e. The van der Waals surface area contributed by atoms with Gasteiger partial charge in [-0.05, 0) is 25.2 Å². The van der Waals surface area contributed by atoms with Crippen molar-refractivity contribution in [3.05, 3.63) is 0 Å². The quantitative estimate of drug-likeness (QED) is 0.0344. The third-order valence-corrected chi connectivity index (χ3v) is 12.9. The molecule has 0 saturated heterocycles. The van der Waals surface area contributed by atoms with Gasteiger partial charge in [-0.1, -0.05) is 272 Å². The van der Waals surface area contributed by atoms with Crippen LogP contribution in [-0.2, 0) is 28.6 Å². The number of hydrogen-bond donors (Lipinski definition) is 0. The molecule has 0 rings (SSSR count). The molecule has 0 saturated carbocycles. The van der Waals surface area contributed by atoms with E-state index in [9.17, 15) is 14.4 Å². The van der Waals surface area contributed by atoms with Gasteiger partial charge in [0.15, 0.2) is 6.10 Å². The molecule has 0 aromatic rings. The van der Waals surface area contributed by atoms with E-state index < -0.39 is 6.10 Å². The van der Waals surface area contributed by atoms with E-state index in [1.54, 1.807) is 0 Å². The second-order valence-corrected chi connectivity index (χ2v) is 19.1. The monoisotopic (exact) mass is 863 g/mol. The zero-order valence-corrected chi connectivity index (χ0v) is 41.6. The lowest BCUT2D eigenvalue weighted by molar-refractivity contribution is -0.167. The second kappa shape index (κ2) is 49.4. The van der Waals surface area contributed by atoms with E-state index in [-0.39, 0.29) is 31.1 Å². The van der Waals surface area contributed by atoms with E-state index in [0.717, 1.165) is 63.7 Å². The van der Waals surface area contributed by atoms with Crippen LogP contribution < -0.4 is 0 Å². The summed E-state index contributed by atoms with van der Waals surface area (Å²) in [7, 11) is 0. The lowest BCUT2D eigenvalue weighted by atomic mass is 10.00. The van der Waals surface area contributed by atoms with E-state index >= 15 is 0 Å². The van der Waals surface area contributed by atoms with Crippen molar-refractivity contribution in [2.45, 2.75) is 316 Å². The zero-order valence-electron chi connectivity index (χ0n) is 41.6. The van der Waals surface area contributed by atoms with Crippen LogP contribution in [0.25, 0.3) is 0 Å². The van der Waals surface area contributed by atoms with Crippen molar-refractivity contribution in [1.29, 1.82) is 0 Å². The highest BCUT2D eigenvalue weighted by atomic mass is 16.6. The third-order valence-electron chi connectivity index (χ3n) is 12.9. The first-order chi connectivity index (χ1) is 29.9. The summed E-state index contributed by atoms with van der Waals surface area (Å²) in [5.74, 6) is -0.0292. The molecule has 0 aromatic heterocycles. The van der Waals surface area contributed by atoms with Crippen molar-refractivity contribution in [3.8, 4) is 0 Å². The second-order valence-electron chi connectivity index (χ2n) is 19.1. The van der Waals surface area contributed by atoms with Crippen LogP contribution in [-0.4, -0.2) is 37.2 Å². The van der Waals surface area contributed by atoms with Crippen molar-refractivity contribution < 1.29 is 28.6 Å². The minimum absolute atomic E-state index is 0.0631. The molecule has 6 nitrogen and oxygen atoms in total. The summed E-state index contributed by atoms with van der Waals surface area (Å²) in [6, 6.07) is 0. The average Bonchev–Trinajstić information content (AvgIpc) is 3.26. The molecule has 0 aliphatic heterocycles. The molecule has 1 unspecified atom stereocenters. The fraction of sp³-hybridized carbons (Fsp3) is 0.945. The third kappa shape index (κ3) is 47.7. The van der Waals surface area contributed by atoms with Crippen LogP contribution in [0, 0.1) is 5.92 Å². The molecular weight excluding hydrogens is 757 g/mol. The van der Waals surface area contributed by atoms with Crippen LogP contribution in [0.2, 0.25) is 0 Å². The van der Waals surface area contributed by atoms with Gasteiger partial charge in [-0.25, -0.2) is 0 Å². The van der Waals surface area contributed by atoms with Crippen molar-refractivity contribution in [3.63, 3.8) is 0 Å². The molecule has 0 aromatic carbocycles. The lowest BCUT2D eigenvalue weighted by Crippen LogP contribution is -2.30. The Morgan fingerprint density at radius 3 is 0.852 bits per heavy atom. The topological polar surface area (TPSA) is 78.9 Å². The Morgan fingerprint density at radius 1 is 0.328 bits per heavy atom. The number of carbonyl (C=O) groups excluding carboxylic acids is 3. The van der Waals surface area contributed by atoms with Gasteiger partial charge in [0.05, 0.1) is 0 Å². The molecule has 0 radical (unpaired) electrons. The van der Waals surface area contributed by atoms with Gasteiger partial charge in [0.25, 0.3) is 0 Å². The SMILES string of the molecule is CCCCCCCCCCCCCCCCCCCC(=O)O[C@@H](COC(=O)CCCCCCCCCCCCCCCCCC)COC(=O)CCCCCCCCC(C)CC. The molecule has 0 fully saturated rings. The summed E-state index contributed by atoms with van der Waals surface area (Å²) in [5.41, 5.74) is 0. The minimum Gasteiger partial charge on any atom is -0.462 e. The van der Waals surface area contributed by atoms with Crippen LogP contribution in [0.4, 0.5) is 0 Å². The highest BCUT2D eigenvalue weighted by Gasteiger charge is 2.19. The standard InChI is InChI=1S/C55H106O6/c1-5-8-10-12-14-16-18-20-22-24-26-28-30-32-34-40-44-48-55(58)61-52(50-60-54(57)47-43-39-36-35-37-41-45-51(4)7-3)49-59-53(56)46-42-38-33-31-29-27-25-23-21-19-17-15-13-11-9-6-2/h51-52H,5-50H2,1-4H3/t51?,52-/m0/s1. The van der Waals surface area contributed by atoms with E-state index in [0.29, 0.717) is 19.3 Å². The number of carbonyl (C=O) groups is 3. The summed E-state index contributed by atoms with van der Waals surface area (Å²) in [5, 5.41) is 0. The first kappa shape index (κ1) is 59.4. The Labute approximate surface area is 380 Å². The molecule has 0 aliphatic carbocycles. The highest BCUT2D eigenvalue weighted by Crippen LogP contribution is 2.18. The molecule has 61 heavy (non-hydrogen) atoms. The summed E-state index contributed by atoms with van der Waals surface area (Å²) in [6.45, 7) is 9.02. The summed E-state index contributed by atoms with van der Waals surface area (Å²) < 4.78 is 16.8. The van der Waals surface area contributed by atoms with Crippen molar-refractivity contribution in [2.75, 3.05) is 13.2 Å². The molecule has 0 bridgehead atoms. The lowest BCUT2D eigenvalue weighted by Gasteiger charge is -2.18. The van der Waals surface area contributed by atoms with E-state index in [4.69, 9.17) is 14.2 Å².